The third kappa shape index (κ3) is 113. The second-order valence-corrected chi connectivity index (χ2v) is 0. The molecular formula is H6Cl3O3Rh. The van der Waals surface area contributed by atoms with Crippen molar-refractivity contribution in [3.8, 4) is 0 Å². The van der Waals surface area contributed by atoms with Gasteiger partial charge in [-0.05, 0) is 0 Å². The van der Waals surface area contributed by atoms with Gasteiger partial charge in [-0.15, -0.1) is 0 Å². The topological polar surface area (TPSA) is 94.5 Å². The van der Waals surface area contributed by atoms with Crippen molar-refractivity contribution < 1.29 is 73.1 Å². The molecule has 0 aromatic rings. The van der Waals surface area contributed by atoms with Crippen LogP contribution in [-0.4, -0.2) is 16.4 Å². The van der Waals surface area contributed by atoms with Crippen LogP contribution in [0.15, 0.2) is 0 Å². The molecule has 0 amide bonds. The summed E-state index contributed by atoms with van der Waals surface area (Å²) in [6, 6.07) is 0. The molecule has 3 nitrogen and oxygen atoms in total. The number of hydrogen-bond acceptors (Lipinski definition) is 0. The van der Waals surface area contributed by atoms with Crippen molar-refractivity contribution in [3.05, 3.63) is 0 Å². The van der Waals surface area contributed by atoms with E-state index in [1.54, 1.807) is 0 Å². The zero-order valence-corrected chi connectivity index (χ0v) is 6.87. The number of halogens is 3. The molecule has 0 aliphatic carbocycles. The van der Waals surface area contributed by atoms with Gasteiger partial charge < -0.3 is 53.6 Å². The van der Waals surface area contributed by atoms with Crippen LogP contribution in [0.5, 0.6) is 0 Å². The third-order valence-corrected chi connectivity index (χ3v) is 0. The van der Waals surface area contributed by atoms with Crippen LogP contribution in [0.4, 0.5) is 0 Å². The summed E-state index contributed by atoms with van der Waals surface area (Å²) >= 11 is 0. The summed E-state index contributed by atoms with van der Waals surface area (Å²) in [4.78, 5) is 0. The Labute approximate surface area is 73.2 Å². The van der Waals surface area contributed by atoms with Crippen molar-refractivity contribution in [1.29, 1.82) is 0 Å². The minimum Gasteiger partial charge on any atom is -1.00 e. The molecule has 0 fully saturated rings. The number of hydrogen-bond donors (Lipinski definition) is 0. The molecule has 7 heavy (non-hydrogen) atoms. The first-order chi connectivity index (χ1) is 0. The second kappa shape index (κ2) is 159. The predicted octanol–water partition coefficient (Wildman–Crippen LogP) is -11.5. The van der Waals surface area contributed by atoms with Crippen LogP contribution in [0.2, 0.25) is 0 Å². The minimum absolute atomic E-state index is 0. The molecule has 0 radical (unpaired) electrons. The van der Waals surface area contributed by atoms with E-state index in [0.717, 1.165) is 0 Å². The van der Waals surface area contributed by atoms with Gasteiger partial charge >= 0.3 is 19.5 Å². The quantitative estimate of drug-likeness (QED) is 0.388. The fourth-order valence-corrected chi connectivity index (χ4v) is 0. The van der Waals surface area contributed by atoms with Crippen molar-refractivity contribution in [1.82, 2.24) is 0 Å². The van der Waals surface area contributed by atoms with Gasteiger partial charge in [-0.2, -0.15) is 0 Å². The standard InChI is InChI=1S/3ClH.3H2O.Rh/h3*1H;3*1H2;/q;;;;;;+3/p-3. The molecule has 0 aliphatic heterocycles. The Kier molecular flexibility index (Phi) is 5470. The molecule has 6 N–H and O–H groups in total. The van der Waals surface area contributed by atoms with Gasteiger partial charge in [0.05, 0.1) is 0 Å². The van der Waals surface area contributed by atoms with Crippen molar-refractivity contribution in [2.75, 3.05) is 0 Å². The van der Waals surface area contributed by atoms with Crippen molar-refractivity contribution in [2.45, 2.75) is 0 Å². The smallest absolute Gasteiger partial charge is 1.00 e. The Morgan fingerprint density at radius 1 is 0.429 bits per heavy atom. The summed E-state index contributed by atoms with van der Waals surface area (Å²) in [7, 11) is 0. The molecule has 0 aromatic carbocycles. The maximum atomic E-state index is 0. The van der Waals surface area contributed by atoms with Crippen LogP contribution in [-0.2, 0) is 19.5 Å². The zero-order chi connectivity index (χ0) is 0. The molecule has 0 rings (SSSR count). The second-order valence-electron chi connectivity index (χ2n) is 0. The Bertz CT molecular complexity index is 10.1. The molecule has 0 heterocycles. The van der Waals surface area contributed by atoms with E-state index in [0.29, 0.717) is 0 Å². The summed E-state index contributed by atoms with van der Waals surface area (Å²) < 4.78 is 0. The normalized spacial score (nSPS) is 0. The molecule has 0 atom stereocenters. The summed E-state index contributed by atoms with van der Waals surface area (Å²) in [5.74, 6) is 0. The number of rotatable bonds is 0. The maximum absolute atomic E-state index is 0. The van der Waals surface area contributed by atoms with Crippen molar-refractivity contribution in [3.63, 3.8) is 0 Å². The summed E-state index contributed by atoms with van der Waals surface area (Å²) in [6.07, 6.45) is 0. The van der Waals surface area contributed by atoms with Crippen LogP contribution >= 0.6 is 0 Å². The molecule has 0 bridgehead atoms. The summed E-state index contributed by atoms with van der Waals surface area (Å²) in [6.45, 7) is 0. The van der Waals surface area contributed by atoms with Crippen LogP contribution in [0.3, 0.4) is 0 Å². The van der Waals surface area contributed by atoms with Gasteiger partial charge in [0.1, 0.15) is 0 Å². The van der Waals surface area contributed by atoms with Gasteiger partial charge in [-0.1, -0.05) is 0 Å². The Hall–Kier alpha value is 1.37. The van der Waals surface area contributed by atoms with E-state index in [9.17, 15) is 0 Å². The van der Waals surface area contributed by atoms with E-state index in [1.807, 2.05) is 0 Å². The van der Waals surface area contributed by atoms with Crippen molar-refractivity contribution in [2.24, 2.45) is 0 Å². The summed E-state index contributed by atoms with van der Waals surface area (Å²) in [5.41, 5.74) is 0. The molecule has 0 aliphatic rings. The predicted molar refractivity (Wildman–Crippen MR) is 10.8 cm³/mol. The molecule has 7 heteroatoms. The molecule has 54 valence electrons. The van der Waals surface area contributed by atoms with Crippen LogP contribution in [0.1, 0.15) is 0 Å². The van der Waals surface area contributed by atoms with E-state index in [4.69, 9.17) is 0 Å². The monoisotopic (exact) mass is 262 g/mol. The van der Waals surface area contributed by atoms with E-state index < -0.39 is 0 Å². The minimum atomic E-state index is 0. The van der Waals surface area contributed by atoms with Gasteiger partial charge in [0.2, 0.25) is 0 Å². The Balaban J connectivity index is 0. The van der Waals surface area contributed by atoms with E-state index in [-0.39, 0.29) is 73.1 Å². The average Bonchev–Trinajstić information content (AvgIpc) is 0. The SMILES string of the molecule is O.O.O.[Cl-].[Cl-].[Cl-].[Rh+3]. The molecule has 0 spiro atoms. The molecular weight excluding hydrogens is 257 g/mol. The van der Waals surface area contributed by atoms with E-state index >= 15 is 0 Å². The largest absolute Gasteiger partial charge is 3.00 e. The molecule has 0 aromatic heterocycles. The fourth-order valence-electron chi connectivity index (χ4n) is 0. The van der Waals surface area contributed by atoms with Crippen LogP contribution in [0.25, 0.3) is 0 Å². The van der Waals surface area contributed by atoms with Crippen LogP contribution in [0, 0.1) is 0 Å². The van der Waals surface area contributed by atoms with E-state index in [2.05, 4.69) is 0 Å². The van der Waals surface area contributed by atoms with E-state index in [1.165, 1.54) is 0 Å². The van der Waals surface area contributed by atoms with Gasteiger partial charge in [0.15, 0.2) is 0 Å². The first-order valence-corrected chi connectivity index (χ1v) is 0. The van der Waals surface area contributed by atoms with Crippen LogP contribution < -0.4 is 37.2 Å². The van der Waals surface area contributed by atoms with Crippen molar-refractivity contribution >= 4 is 0 Å². The van der Waals surface area contributed by atoms with Gasteiger partial charge in [-0.3, -0.25) is 0 Å². The molecule has 0 saturated heterocycles. The van der Waals surface area contributed by atoms with Gasteiger partial charge in [0.25, 0.3) is 0 Å². The Morgan fingerprint density at radius 3 is 0.429 bits per heavy atom. The zero-order valence-electron chi connectivity index (χ0n) is 2.97. The Morgan fingerprint density at radius 2 is 0.429 bits per heavy atom. The maximum Gasteiger partial charge on any atom is 3.00 e. The summed E-state index contributed by atoms with van der Waals surface area (Å²) in [5, 5.41) is 0. The van der Waals surface area contributed by atoms with Gasteiger partial charge in [-0.25, -0.2) is 0 Å². The first-order valence-electron chi connectivity index (χ1n) is 0. The third-order valence-electron chi connectivity index (χ3n) is 0. The molecule has 0 saturated carbocycles. The van der Waals surface area contributed by atoms with Gasteiger partial charge in [0, 0.05) is 0 Å². The first kappa shape index (κ1) is 241. The average molecular weight is 263 g/mol. The fraction of sp³-hybridized carbons (Fsp3) is 0. The molecule has 0 unspecified atom stereocenters.